The summed E-state index contributed by atoms with van der Waals surface area (Å²) in [5.74, 6) is -0.0885. The maximum absolute atomic E-state index is 12.9. The van der Waals surface area contributed by atoms with Crippen LogP contribution in [0.1, 0.15) is 49.8 Å². The fraction of sp³-hybridized carbons (Fsp3) is 0.500. The van der Waals surface area contributed by atoms with Gasteiger partial charge in [0.2, 0.25) is 0 Å². The van der Waals surface area contributed by atoms with E-state index in [1.54, 1.807) is 0 Å². The van der Waals surface area contributed by atoms with Crippen LogP contribution in [0.4, 0.5) is 5.13 Å². The number of nitrogens with two attached hydrogens (primary N) is 1. The molecule has 0 atom stereocenters. The highest BCUT2D eigenvalue weighted by Gasteiger charge is 2.46. The smallest absolute Gasteiger partial charge is 0.254 e. The van der Waals surface area contributed by atoms with E-state index in [9.17, 15) is 9.90 Å². The Bertz CT molecular complexity index is 775. The van der Waals surface area contributed by atoms with E-state index in [1.807, 2.05) is 28.5 Å². The molecule has 1 aliphatic carbocycles. The highest BCUT2D eigenvalue weighted by molar-refractivity contribution is 7.13. The standard InChI is InChI=1S/C20H25N3O2S/c21-18-22-16(14-26-18)19(15-6-2-1-3-7-15)10-12-23(13-11-19)17(24)20(25)8-4-5-9-20/h1-3,6-7,14,25H,4-5,8-13H2,(H2,21,22). The summed E-state index contributed by atoms with van der Waals surface area (Å²) in [5, 5.41) is 13.3. The minimum Gasteiger partial charge on any atom is -0.380 e. The number of hydrogen-bond donors (Lipinski definition) is 2. The van der Waals surface area contributed by atoms with Crippen molar-refractivity contribution in [3.05, 3.63) is 47.0 Å². The van der Waals surface area contributed by atoms with Gasteiger partial charge in [0, 0.05) is 23.9 Å². The van der Waals surface area contributed by atoms with Crippen molar-refractivity contribution >= 4 is 22.4 Å². The van der Waals surface area contributed by atoms with Crippen LogP contribution in [0.2, 0.25) is 0 Å². The normalized spacial score (nSPS) is 21.7. The number of benzene rings is 1. The van der Waals surface area contributed by atoms with E-state index in [0.29, 0.717) is 31.1 Å². The number of hydrogen-bond acceptors (Lipinski definition) is 5. The average molecular weight is 372 g/mol. The topological polar surface area (TPSA) is 79.5 Å². The van der Waals surface area contributed by atoms with Crippen LogP contribution in [0.15, 0.2) is 35.7 Å². The van der Waals surface area contributed by atoms with Crippen molar-refractivity contribution in [1.29, 1.82) is 0 Å². The molecule has 1 saturated carbocycles. The molecule has 26 heavy (non-hydrogen) atoms. The molecule has 4 rings (SSSR count). The number of carbonyl (C=O) groups is 1. The van der Waals surface area contributed by atoms with Gasteiger partial charge in [-0.05, 0) is 44.1 Å². The molecule has 1 saturated heterocycles. The van der Waals surface area contributed by atoms with Gasteiger partial charge in [-0.1, -0.05) is 30.3 Å². The Hall–Kier alpha value is -1.92. The van der Waals surface area contributed by atoms with Crippen molar-refractivity contribution < 1.29 is 9.90 Å². The second kappa shape index (κ2) is 6.67. The summed E-state index contributed by atoms with van der Waals surface area (Å²) in [6, 6.07) is 10.4. The van der Waals surface area contributed by atoms with E-state index in [-0.39, 0.29) is 11.3 Å². The molecule has 0 unspecified atom stereocenters. The van der Waals surface area contributed by atoms with Crippen molar-refractivity contribution in [2.75, 3.05) is 18.8 Å². The molecule has 6 heteroatoms. The second-order valence-corrected chi connectivity index (χ2v) is 8.44. The van der Waals surface area contributed by atoms with Crippen LogP contribution in [-0.4, -0.2) is 39.6 Å². The maximum Gasteiger partial charge on any atom is 0.254 e. The third-order valence-corrected chi connectivity index (χ3v) is 6.75. The minimum atomic E-state index is -1.14. The van der Waals surface area contributed by atoms with Crippen molar-refractivity contribution in [3.8, 4) is 0 Å². The zero-order valence-electron chi connectivity index (χ0n) is 14.9. The molecule has 1 aliphatic heterocycles. The Morgan fingerprint density at radius 3 is 2.35 bits per heavy atom. The summed E-state index contributed by atoms with van der Waals surface area (Å²) in [7, 11) is 0. The van der Waals surface area contributed by atoms with Crippen molar-refractivity contribution in [1.82, 2.24) is 9.88 Å². The van der Waals surface area contributed by atoms with Crippen molar-refractivity contribution in [2.45, 2.75) is 49.5 Å². The molecule has 2 heterocycles. The van der Waals surface area contributed by atoms with Gasteiger partial charge in [-0.2, -0.15) is 0 Å². The number of anilines is 1. The molecular weight excluding hydrogens is 346 g/mol. The molecule has 0 spiro atoms. The number of aromatic nitrogens is 1. The predicted molar refractivity (Wildman–Crippen MR) is 103 cm³/mol. The number of aliphatic hydroxyl groups is 1. The number of nitrogen functional groups attached to an aromatic ring is 1. The molecule has 0 bridgehead atoms. The summed E-state index contributed by atoms with van der Waals surface area (Å²) in [6.45, 7) is 1.26. The number of nitrogens with zero attached hydrogens (tertiary/aromatic N) is 2. The van der Waals surface area contributed by atoms with Crippen LogP contribution >= 0.6 is 11.3 Å². The number of likely N-dealkylation sites (tertiary alicyclic amines) is 1. The van der Waals surface area contributed by atoms with Gasteiger partial charge in [-0.3, -0.25) is 4.79 Å². The monoisotopic (exact) mass is 371 g/mol. The second-order valence-electron chi connectivity index (χ2n) is 7.55. The lowest BCUT2D eigenvalue weighted by Crippen LogP contribution is -2.53. The first-order valence-electron chi connectivity index (χ1n) is 9.32. The third-order valence-electron chi connectivity index (χ3n) is 6.07. The molecule has 2 aromatic rings. The van der Waals surface area contributed by atoms with Gasteiger partial charge in [0.15, 0.2) is 5.13 Å². The SMILES string of the molecule is Nc1nc(C2(c3ccccc3)CCN(C(=O)C3(O)CCCC3)CC2)cs1. The van der Waals surface area contributed by atoms with Gasteiger partial charge in [-0.25, -0.2) is 4.98 Å². The van der Waals surface area contributed by atoms with Crippen LogP contribution in [0.3, 0.4) is 0 Å². The fourth-order valence-electron chi connectivity index (χ4n) is 4.52. The van der Waals surface area contributed by atoms with Gasteiger partial charge in [0.25, 0.3) is 5.91 Å². The zero-order chi connectivity index (χ0) is 18.2. The molecule has 1 aromatic heterocycles. The average Bonchev–Trinajstić information content (AvgIpc) is 3.31. The highest BCUT2D eigenvalue weighted by atomic mass is 32.1. The lowest BCUT2D eigenvalue weighted by atomic mass is 9.70. The van der Waals surface area contributed by atoms with E-state index in [0.717, 1.165) is 31.4 Å². The highest BCUT2D eigenvalue weighted by Crippen LogP contribution is 2.43. The van der Waals surface area contributed by atoms with Crippen molar-refractivity contribution in [3.63, 3.8) is 0 Å². The van der Waals surface area contributed by atoms with Crippen LogP contribution in [-0.2, 0) is 10.2 Å². The van der Waals surface area contributed by atoms with E-state index in [1.165, 1.54) is 16.9 Å². The molecule has 3 N–H and O–H groups in total. The summed E-state index contributed by atoms with van der Waals surface area (Å²) >= 11 is 1.46. The van der Waals surface area contributed by atoms with Crippen LogP contribution in [0.25, 0.3) is 0 Å². The van der Waals surface area contributed by atoms with Crippen molar-refractivity contribution in [2.24, 2.45) is 0 Å². The first-order chi connectivity index (χ1) is 12.5. The molecule has 138 valence electrons. The Morgan fingerprint density at radius 2 is 1.77 bits per heavy atom. The molecule has 2 aliphatic rings. The first-order valence-corrected chi connectivity index (χ1v) is 10.2. The number of carbonyl (C=O) groups excluding carboxylic acids is 1. The summed E-state index contributed by atoms with van der Waals surface area (Å²) in [5.41, 5.74) is 6.77. The quantitative estimate of drug-likeness (QED) is 0.869. The van der Waals surface area contributed by atoms with E-state index in [4.69, 9.17) is 5.73 Å². The third kappa shape index (κ3) is 2.91. The molecule has 5 nitrogen and oxygen atoms in total. The predicted octanol–water partition coefficient (Wildman–Crippen LogP) is 2.94. The largest absolute Gasteiger partial charge is 0.380 e. The Kier molecular flexibility index (Phi) is 4.49. The Labute approximate surface area is 157 Å². The lowest BCUT2D eigenvalue weighted by Gasteiger charge is -2.43. The number of thiazole rings is 1. The van der Waals surface area contributed by atoms with Gasteiger partial charge >= 0.3 is 0 Å². The molecule has 1 aromatic carbocycles. The lowest BCUT2D eigenvalue weighted by molar-refractivity contribution is -0.152. The number of piperidine rings is 1. The maximum atomic E-state index is 12.9. The van der Waals surface area contributed by atoms with E-state index < -0.39 is 5.60 Å². The number of amides is 1. The van der Waals surface area contributed by atoms with Crippen LogP contribution in [0, 0.1) is 0 Å². The molecule has 1 amide bonds. The summed E-state index contributed by atoms with van der Waals surface area (Å²) in [6.07, 6.45) is 4.64. The number of rotatable bonds is 3. The molecular formula is C20H25N3O2S. The molecule has 0 radical (unpaired) electrons. The fourth-order valence-corrected chi connectivity index (χ4v) is 5.18. The summed E-state index contributed by atoms with van der Waals surface area (Å²) in [4.78, 5) is 19.3. The Balaban J connectivity index is 1.60. The first kappa shape index (κ1) is 17.5. The Morgan fingerprint density at radius 1 is 1.12 bits per heavy atom. The van der Waals surface area contributed by atoms with Crippen LogP contribution in [0.5, 0.6) is 0 Å². The summed E-state index contributed by atoms with van der Waals surface area (Å²) < 4.78 is 0. The van der Waals surface area contributed by atoms with Crippen LogP contribution < -0.4 is 5.73 Å². The van der Waals surface area contributed by atoms with Gasteiger partial charge in [0.05, 0.1) is 5.69 Å². The minimum absolute atomic E-state index is 0.0885. The van der Waals surface area contributed by atoms with Gasteiger partial charge in [-0.15, -0.1) is 11.3 Å². The zero-order valence-corrected chi connectivity index (χ0v) is 15.7. The van der Waals surface area contributed by atoms with E-state index in [2.05, 4.69) is 17.1 Å². The molecule has 2 fully saturated rings. The van der Waals surface area contributed by atoms with Gasteiger partial charge < -0.3 is 15.7 Å². The van der Waals surface area contributed by atoms with Gasteiger partial charge in [0.1, 0.15) is 5.60 Å². The van der Waals surface area contributed by atoms with E-state index >= 15 is 0 Å².